The average Bonchev–Trinajstić information content (AvgIpc) is 2.41. The van der Waals surface area contributed by atoms with Gasteiger partial charge in [-0.2, -0.15) is 0 Å². The van der Waals surface area contributed by atoms with Gasteiger partial charge in [-0.15, -0.1) is 0 Å². The third kappa shape index (κ3) is 2.44. The van der Waals surface area contributed by atoms with Crippen molar-refractivity contribution in [1.29, 1.82) is 0 Å². The molecule has 1 N–H and O–H groups in total. The van der Waals surface area contributed by atoms with Gasteiger partial charge in [0.2, 0.25) is 0 Å². The zero-order valence-electron chi connectivity index (χ0n) is 11.9. The van der Waals surface area contributed by atoms with E-state index >= 15 is 0 Å². The van der Waals surface area contributed by atoms with Crippen molar-refractivity contribution in [1.82, 2.24) is 4.90 Å². The molecular weight excluding hydrogens is 234 g/mol. The molecule has 0 aliphatic carbocycles. The van der Waals surface area contributed by atoms with Crippen LogP contribution in [0.2, 0.25) is 0 Å². The smallest absolute Gasteiger partial charge is 0.0926 e. The van der Waals surface area contributed by atoms with Crippen LogP contribution < -0.4 is 0 Å². The van der Waals surface area contributed by atoms with Gasteiger partial charge in [0.25, 0.3) is 0 Å². The Kier molecular flexibility index (Phi) is 3.64. The molecule has 2 fully saturated rings. The zero-order chi connectivity index (χ0) is 13.3. The highest BCUT2D eigenvalue weighted by Crippen LogP contribution is 2.44. The molecule has 2 nitrogen and oxygen atoms in total. The van der Waals surface area contributed by atoms with Gasteiger partial charge in [-0.25, -0.2) is 0 Å². The highest BCUT2D eigenvalue weighted by Gasteiger charge is 2.45. The highest BCUT2D eigenvalue weighted by molar-refractivity contribution is 5.24. The summed E-state index contributed by atoms with van der Waals surface area (Å²) in [6, 6.07) is 11.5. The number of rotatable bonds is 3. The minimum Gasteiger partial charge on any atom is -0.385 e. The molecular formula is C17H25NO. The van der Waals surface area contributed by atoms with E-state index in [2.05, 4.69) is 24.0 Å². The van der Waals surface area contributed by atoms with Crippen LogP contribution in [0.4, 0.5) is 0 Å². The molecule has 1 aromatic rings. The zero-order valence-corrected chi connectivity index (χ0v) is 11.9. The number of aliphatic hydroxyl groups is 1. The third-order valence-electron chi connectivity index (χ3n) is 4.95. The van der Waals surface area contributed by atoms with Gasteiger partial charge in [0.15, 0.2) is 0 Å². The molecule has 0 radical (unpaired) electrons. The molecule has 0 saturated carbocycles. The van der Waals surface area contributed by atoms with Crippen LogP contribution >= 0.6 is 0 Å². The second kappa shape index (κ2) is 5.26. The van der Waals surface area contributed by atoms with Gasteiger partial charge < -0.3 is 5.11 Å². The van der Waals surface area contributed by atoms with Crippen LogP contribution in [-0.2, 0) is 5.60 Å². The fourth-order valence-corrected chi connectivity index (χ4v) is 4.13. The van der Waals surface area contributed by atoms with Crippen LogP contribution in [0.15, 0.2) is 30.3 Å². The Morgan fingerprint density at radius 2 is 1.79 bits per heavy atom. The molecule has 0 amide bonds. The molecule has 2 aliphatic rings. The van der Waals surface area contributed by atoms with Crippen molar-refractivity contribution in [3.05, 3.63) is 35.9 Å². The second-order valence-electron chi connectivity index (χ2n) is 6.28. The average molecular weight is 259 g/mol. The Labute approximate surface area is 116 Å². The molecule has 2 saturated heterocycles. The van der Waals surface area contributed by atoms with E-state index in [4.69, 9.17) is 0 Å². The molecule has 0 aromatic heterocycles. The lowest BCUT2D eigenvalue weighted by molar-refractivity contribution is -0.0964. The van der Waals surface area contributed by atoms with E-state index in [1.807, 2.05) is 18.2 Å². The number of benzene rings is 1. The van der Waals surface area contributed by atoms with E-state index in [1.54, 1.807) is 0 Å². The molecule has 2 heteroatoms. The van der Waals surface area contributed by atoms with Crippen molar-refractivity contribution in [2.24, 2.45) is 0 Å². The molecule has 104 valence electrons. The summed E-state index contributed by atoms with van der Waals surface area (Å²) >= 11 is 0. The minimum atomic E-state index is -0.596. The van der Waals surface area contributed by atoms with E-state index in [0.29, 0.717) is 12.1 Å². The highest BCUT2D eigenvalue weighted by atomic mass is 16.3. The molecule has 19 heavy (non-hydrogen) atoms. The lowest BCUT2D eigenvalue weighted by Gasteiger charge is -2.52. The quantitative estimate of drug-likeness (QED) is 0.900. The van der Waals surface area contributed by atoms with E-state index in [-0.39, 0.29) is 0 Å². The Morgan fingerprint density at radius 3 is 2.37 bits per heavy atom. The molecule has 3 rings (SSSR count). The standard InChI is InChI=1S/C17H25NO/c1-2-11-18-15-9-6-10-16(18)13-17(19,12-15)14-7-4-3-5-8-14/h3-5,7-8,15-16,19H,2,6,9-13H2,1H3/t15-,16-/m1/s1. The summed E-state index contributed by atoms with van der Waals surface area (Å²) in [6.07, 6.45) is 6.88. The maximum atomic E-state index is 11.1. The summed E-state index contributed by atoms with van der Waals surface area (Å²) in [6.45, 7) is 3.45. The molecule has 2 aliphatic heterocycles. The first kappa shape index (κ1) is 13.1. The molecule has 2 heterocycles. The van der Waals surface area contributed by atoms with Crippen molar-refractivity contribution < 1.29 is 5.11 Å². The number of piperidine rings is 2. The predicted molar refractivity (Wildman–Crippen MR) is 78.0 cm³/mol. The molecule has 0 unspecified atom stereocenters. The van der Waals surface area contributed by atoms with Crippen molar-refractivity contribution in [2.45, 2.75) is 63.1 Å². The number of nitrogens with zero attached hydrogens (tertiary/aromatic N) is 1. The van der Waals surface area contributed by atoms with Crippen LogP contribution in [0, 0.1) is 0 Å². The maximum absolute atomic E-state index is 11.1. The van der Waals surface area contributed by atoms with Gasteiger partial charge in [-0.3, -0.25) is 4.90 Å². The van der Waals surface area contributed by atoms with Gasteiger partial charge >= 0.3 is 0 Å². The number of hydrogen-bond donors (Lipinski definition) is 1. The minimum absolute atomic E-state index is 0.581. The monoisotopic (exact) mass is 259 g/mol. The van der Waals surface area contributed by atoms with Gasteiger partial charge in [0.1, 0.15) is 0 Å². The van der Waals surface area contributed by atoms with Crippen LogP contribution in [0.3, 0.4) is 0 Å². The fraction of sp³-hybridized carbons (Fsp3) is 0.647. The lowest BCUT2D eigenvalue weighted by atomic mass is 9.72. The van der Waals surface area contributed by atoms with Crippen molar-refractivity contribution in [3.63, 3.8) is 0 Å². The summed E-state index contributed by atoms with van der Waals surface area (Å²) in [4.78, 5) is 2.67. The van der Waals surface area contributed by atoms with Crippen molar-refractivity contribution >= 4 is 0 Å². The largest absolute Gasteiger partial charge is 0.385 e. The lowest BCUT2D eigenvalue weighted by Crippen LogP contribution is -2.56. The summed E-state index contributed by atoms with van der Waals surface area (Å²) in [5, 5.41) is 11.1. The first-order chi connectivity index (χ1) is 9.23. The van der Waals surface area contributed by atoms with Crippen molar-refractivity contribution in [2.75, 3.05) is 6.54 Å². The van der Waals surface area contributed by atoms with E-state index in [9.17, 15) is 5.11 Å². The molecule has 0 spiro atoms. The van der Waals surface area contributed by atoms with E-state index < -0.39 is 5.60 Å². The van der Waals surface area contributed by atoms with Gasteiger partial charge in [-0.05, 0) is 44.2 Å². The van der Waals surface area contributed by atoms with Gasteiger partial charge in [-0.1, -0.05) is 43.7 Å². The van der Waals surface area contributed by atoms with Gasteiger partial charge in [0.05, 0.1) is 5.60 Å². The normalized spacial score (nSPS) is 35.3. The fourth-order valence-electron chi connectivity index (χ4n) is 4.13. The van der Waals surface area contributed by atoms with Crippen molar-refractivity contribution in [3.8, 4) is 0 Å². The molecule has 2 bridgehead atoms. The van der Waals surface area contributed by atoms with Crippen LogP contribution in [-0.4, -0.2) is 28.6 Å². The number of fused-ring (bicyclic) bond motifs is 2. The van der Waals surface area contributed by atoms with Crippen LogP contribution in [0.5, 0.6) is 0 Å². The SMILES string of the molecule is CCCN1[C@@H]2CCC[C@@H]1CC(O)(c1ccccc1)C2. The number of hydrogen-bond acceptors (Lipinski definition) is 2. The maximum Gasteiger partial charge on any atom is 0.0926 e. The first-order valence-electron chi connectivity index (χ1n) is 7.76. The summed E-state index contributed by atoms with van der Waals surface area (Å²) in [7, 11) is 0. The van der Waals surface area contributed by atoms with Gasteiger partial charge in [0, 0.05) is 12.1 Å². The Hall–Kier alpha value is -0.860. The molecule has 2 atom stereocenters. The second-order valence-corrected chi connectivity index (χ2v) is 6.28. The molecule has 1 aromatic carbocycles. The van der Waals surface area contributed by atoms with Crippen LogP contribution in [0.25, 0.3) is 0 Å². The summed E-state index contributed by atoms with van der Waals surface area (Å²) < 4.78 is 0. The summed E-state index contributed by atoms with van der Waals surface area (Å²) in [5.74, 6) is 0. The predicted octanol–water partition coefficient (Wildman–Crippen LogP) is 3.30. The van der Waals surface area contributed by atoms with E-state index in [0.717, 1.165) is 18.4 Å². The Bertz CT molecular complexity index is 403. The topological polar surface area (TPSA) is 23.5 Å². The Morgan fingerprint density at radius 1 is 1.16 bits per heavy atom. The summed E-state index contributed by atoms with van der Waals surface area (Å²) in [5.41, 5.74) is 0.518. The first-order valence-corrected chi connectivity index (χ1v) is 7.76. The third-order valence-corrected chi connectivity index (χ3v) is 4.95. The van der Waals surface area contributed by atoms with Crippen LogP contribution in [0.1, 0.15) is 51.0 Å². The van der Waals surface area contributed by atoms with E-state index in [1.165, 1.54) is 32.2 Å². The Balaban J connectivity index is 1.84.